The van der Waals surface area contributed by atoms with E-state index in [4.69, 9.17) is 16.3 Å². The standard InChI is InChI=1S/C47H43N2O.C16H19N2.Ir/c1-29(2)39-26-34(33-22-20-32(21-23-33)31-14-9-8-10-15-31)27-40(30(3)4)44(39)49-42-19-12-11-18-41(42)48-46(49)38-17-13-16-37-36-25-24-35(47(5,6)7)28-43(36)50-45(37)38;1-12-5-7-14(11-17-12)15-8-6-13(10-18-15)9-16(2,3)4;/h8-16,18-30H,1-7H3;5-8,10H,9H2,1-4H3;/q2*-1;/i;1D3,9D2;. The van der Waals surface area contributed by atoms with Gasteiger partial charge in [-0.05, 0) is 121 Å². The molecule has 0 aliphatic heterocycles. The van der Waals surface area contributed by atoms with Gasteiger partial charge in [-0.2, -0.15) is 0 Å². The number of nitrogens with zero attached hydrogens (tertiary/aromatic N) is 4. The summed E-state index contributed by atoms with van der Waals surface area (Å²) in [7, 11) is 0. The minimum Gasteiger partial charge on any atom is -0.501 e. The maximum atomic E-state index is 8.23. The molecule has 0 saturated carbocycles. The number of hydrogen-bond donors (Lipinski definition) is 0. The van der Waals surface area contributed by atoms with E-state index in [1.807, 2.05) is 26.8 Å². The normalized spacial score (nSPS) is 13.4. The number of hydrogen-bond acceptors (Lipinski definition) is 4. The summed E-state index contributed by atoms with van der Waals surface area (Å²) in [6.07, 6.45) is 2.68. The summed E-state index contributed by atoms with van der Waals surface area (Å²) in [5.41, 5.74) is 15.6. The van der Waals surface area contributed by atoms with Crippen molar-refractivity contribution in [3.8, 4) is 50.6 Å². The van der Waals surface area contributed by atoms with Crippen molar-refractivity contribution in [2.45, 2.75) is 99.7 Å². The first-order valence-corrected chi connectivity index (χ1v) is 23.6. The van der Waals surface area contributed by atoms with E-state index in [-0.39, 0.29) is 43.1 Å². The number of aromatic nitrogens is 4. The Balaban J connectivity index is 0.000000256. The van der Waals surface area contributed by atoms with Crippen molar-refractivity contribution in [3.63, 3.8) is 0 Å². The molecule has 4 aromatic heterocycles. The SMILES string of the molecule is CC(C)c1cc(-c2ccc(-c3ccccc3)cc2)cc(C(C)C)c1-n1c(-c2[c-]ccc3c2oc2cc(C(C)(C)C)ccc23)nc2ccccc21.[2H]C([2H])([2H])c1ccc(-c2ccc(C([2H])([2H])C(C)(C)C)cn2)[c-]n1.[Ir]. The van der Waals surface area contributed by atoms with Crippen LogP contribution in [0.25, 0.3) is 83.6 Å². The van der Waals surface area contributed by atoms with Crippen molar-refractivity contribution in [3.05, 3.63) is 192 Å². The van der Waals surface area contributed by atoms with Crippen molar-refractivity contribution in [1.82, 2.24) is 19.5 Å². The second-order valence-electron chi connectivity index (χ2n) is 20.3. The van der Waals surface area contributed by atoms with Gasteiger partial charge in [-0.15, -0.1) is 35.9 Å². The Morgan fingerprint density at radius 3 is 1.97 bits per heavy atom. The molecule has 69 heavy (non-hydrogen) atoms. The van der Waals surface area contributed by atoms with E-state index in [2.05, 4.69) is 191 Å². The van der Waals surface area contributed by atoms with Gasteiger partial charge in [0.05, 0.1) is 22.4 Å². The molecule has 6 aromatic carbocycles. The van der Waals surface area contributed by atoms with Gasteiger partial charge >= 0.3 is 0 Å². The van der Waals surface area contributed by atoms with E-state index in [1.54, 1.807) is 18.2 Å². The van der Waals surface area contributed by atoms with Crippen molar-refractivity contribution in [1.29, 1.82) is 0 Å². The van der Waals surface area contributed by atoms with Crippen LogP contribution in [0.2, 0.25) is 0 Å². The summed E-state index contributed by atoms with van der Waals surface area (Å²) in [5, 5.41) is 2.19. The number of pyridine rings is 2. The number of benzene rings is 6. The first-order chi connectivity index (χ1) is 34.5. The molecular formula is C63H62IrN4O-2. The fraction of sp³-hybridized carbons (Fsp3) is 0.254. The van der Waals surface area contributed by atoms with Gasteiger partial charge in [0, 0.05) is 44.2 Å². The number of rotatable bonds is 8. The van der Waals surface area contributed by atoms with Gasteiger partial charge in [0.2, 0.25) is 0 Å². The number of aryl methyl sites for hydroxylation is 1. The molecule has 0 bridgehead atoms. The van der Waals surface area contributed by atoms with E-state index in [1.165, 1.54) is 56.9 Å². The minimum absolute atomic E-state index is 0. The van der Waals surface area contributed by atoms with Crippen LogP contribution in [0, 0.1) is 24.5 Å². The van der Waals surface area contributed by atoms with Gasteiger partial charge in [0.1, 0.15) is 5.58 Å². The van der Waals surface area contributed by atoms with Crippen LogP contribution in [-0.4, -0.2) is 19.5 Å². The smallest absolute Gasteiger partial charge is 0.121 e. The summed E-state index contributed by atoms with van der Waals surface area (Å²) in [5.74, 6) is 1.37. The van der Waals surface area contributed by atoms with Gasteiger partial charge in [-0.1, -0.05) is 178 Å². The number of fused-ring (bicyclic) bond motifs is 4. The molecule has 10 rings (SSSR count). The third-order valence-electron chi connectivity index (χ3n) is 12.3. The summed E-state index contributed by atoms with van der Waals surface area (Å²) >= 11 is 0. The molecule has 0 saturated heterocycles. The zero-order valence-electron chi connectivity index (χ0n) is 46.1. The van der Waals surface area contributed by atoms with Crippen LogP contribution < -0.4 is 0 Å². The largest absolute Gasteiger partial charge is 0.501 e. The average Bonchev–Trinajstić information content (AvgIpc) is 3.94. The molecule has 4 heterocycles. The number of furan rings is 1. The Hall–Kier alpha value is -6.46. The fourth-order valence-corrected chi connectivity index (χ4v) is 8.83. The molecule has 0 spiro atoms. The molecule has 0 aliphatic carbocycles. The van der Waals surface area contributed by atoms with E-state index in [9.17, 15) is 0 Å². The molecule has 1 radical (unpaired) electrons. The first kappa shape index (κ1) is 42.6. The van der Waals surface area contributed by atoms with Crippen LogP contribution in [-0.2, 0) is 31.9 Å². The maximum absolute atomic E-state index is 8.23. The number of para-hydroxylation sites is 2. The Morgan fingerprint density at radius 1 is 0.696 bits per heavy atom. The Morgan fingerprint density at radius 2 is 1.36 bits per heavy atom. The van der Waals surface area contributed by atoms with Crippen LogP contribution in [0.15, 0.2) is 156 Å². The molecule has 0 amide bonds. The quantitative estimate of drug-likeness (QED) is 0.142. The summed E-state index contributed by atoms with van der Waals surface area (Å²) in [6, 6.07) is 53.6. The molecule has 0 unspecified atom stereocenters. The molecular weight excluding hydrogens is 1020 g/mol. The van der Waals surface area contributed by atoms with E-state index >= 15 is 0 Å². The molecule has 0 atom stereocenters. The molecule has 6 heteroatoms. The van der Waals surface area contributed by atoms with E-state index in [0.717, 1.165) is 44.4 Å². The monoisotopic (exact) mass is 1090 g/mol. The van der Waals surface area contributed by atoms with Crippen molar-refractivity contribution < 1.29 is 31.4 Å². The Kier molecular flexibility index (Phi) is 12.3. The fourth-order valence-electron chi connectivity index (χ4n) is 8.83. The summed E-state index contributed by atoms with van der Waals surface area (Å²) < 4.78 is 47.5. The van der Waals surface area contributed by atoms with Crippen molar-refractivity contribution in [2.24, 2.45) is 5.41 Å². The maximum Gasteiger partial charge on any atom is 0.121 e. The third-order valence-corrected chi connectivity index (χ3v) is 12.3. The van der Waals surface area contributed by atoms with Crippen LogP contribution in [0.1, 0.15) is 116 Å². The number of imidazole rings is 1. The second-order valence-corrected chi connectivity index (χ2v) is 20.3. The molecule has 351 valence electrons. The van der Waals surface area contributed by atoms with E-state index in [0.29, 0.717) is 16.8 Å². The summed E-state index contributed by atoms with van der Waals surface area (Å²) in [4.78, 5) is 13.4. The summed E-state index contributed by atoms with van der Waals surface area (Å²) in [6.45, 7) is 19.2. The Labute approximate surface area is 429 Å². The van der Waals surface area contributed by atoms with E-state index < -0.39 is 18.6 Å². The predicted octanol–water partition coefficient (Wildman–Crippen LogP) is 17.1. The molecule has 0 aliphatic rings. The van der Waals surface area contributed by atoms with Crippen molar-refractivity contribution in [2.75, 3.05) is 0 Å². The third kappa shape index (κ3) is 10.4. The van der Waals surface area contributed by atoms with Gasteiger partial charge in [0.25, 0.3) is 0 Å². The van der Waals surface area contributed by atoms with Gasteiger partial charge in [-0.25, -0.2) is 0 Å². The van der Waals surface area contributed by atoms with Crippen LogP contribution in [0.5, 0.6) is 0 Å². The van der Waals surface area contributed by atoms with Crippen LogP contribution >= 0.6 is 0 Å². The average molecular weight is 1090 g/mol. The minimum atomic E-state index is -2.25. The molecule has 0 fully saturated rings. The molecule has 0 N–H and O–H groups in total. The van der Waals surface area contributed by atoms with Gasteiger partial charge in [-0.3, -0.25) is 4.98 Å². The van der Waals surface area contributed by atoms with Gasteiger partial charge < -0.3 is 19.0 Å². The predicted molar refractivity (Wildman–Crippen MR) is 285 cm³/mol. The van der Waals surface area contributed by atoms with Crippen molar-refractivity contribution >= 4 is 33.0 Å². The zero-order valence-corrected chi connectivity index (χ0v) is 43.5. The molecule has 5 nitrogen and oxygen atoms in total. The Bertz CT molecular complexity index is 3550. The van der Waals surface area contributed by atoms with Crippen LogP contribution in [0.3, 0.4) is 0 Å². The van der Waals surface area contributed by atoms with Gasteiger partial charge in [0.15, 0.2) is 0 Å². The molecule has 10 aromatic rings. The topological polar surface area (TPSA) is 56.7 Å². The first-order valence-electron chi connectivity index (χ1n) is 26.1. The van der Waals surface area contributed by atoms with Crippen LogP contribution in [0.4, 0.5) is 0 Å². The second kappa shape index (κ2) is 19.9. The zero-order chi connectivity index (χ0) is 52.2.